The van der Waals surface area contributed by atoms with Crippen LogP contribution in [0.25, 0.3) is 27.6 Å². The number of pyridine rings is 2. The molecule has 0 N–H and O–H groups in total. The van der Waals surface area contributed by atoms with E-state index in [1.54, 1.807) is 48.0 Å². The van der Waals surface area contributed by atoms with E-state index < -0.39 is 11.9 Å². The predicted molar refractivity (Wildman–Crippen MR) is 134 cm³/mol. The van der Waals surface area contributed by atoms with Crippen molar-refractivity contribution in [1.82, 2.24) is 14.0 Å². The lowest BCUT2D eigenvalue weighted by molar-refractivity contribution is 0.0523. The third kappa shape index (κ3) is 4.08. The smallest absolute Gasteiger partial charge is 0.341 e. The molecule has 9 nitrogen and oxygen atoms in total. The van der Waals surface area contributed by atoms with Gasteiger partial charge in [0.2, 0.25) is 0 Å². The lowest BCUT2D eigenvalue weighted by Crippen LogP contribution is -2.33. The van der Waals surface area contributed by atoms with Crippen LogP contribution in [-0.2, 0) is 11.3 Å². The number of amides is 1. The number of furan rings is 1. The molecule has 5 aromatic rings. The number of carbonyl (C=O) groups is 2. The molecule has 0 bridgehead atoms. The molecule has 0 unspecified atom stereocenters. The van der Waals surface area contributed by atoms with Gasteiger partial charge in [-0.2, -0.15) is 4.99 Å². The number of esters is 1. The average molecular weight is 485 g/mol. The van der Waals surface area contributed by atoms with Gasteiger partial charge in [0, 0.05) is 18.1 Å². The van der Waals surface area contributed by atoms with Crippen molar-refractivity contribution < 1.29 is 18.7 Å². The van der Waals surface area contributed by atoms with Crippen LogP contribution in [0.1, 0.15) is 41.7 Å². The molecule has 182 valence electrons. The Bertz CT molecular complexity index is 1740. The highest BCUT2D eigenvalue weighted by Gasteiger charge is 2.21. The first kappa shape index (κ1) is 23.2. The summed E-state index contributed by atoms with van der Waals surface area (Å²) in [6.45, 7) is 6.11. The highest BCUT2D eigenvalue weighted by Crippen LogP contribution is 2.20. The van der Waals surface area contributed by atoms with Gasteiger partial charge in [0.1, 0.15) is 22.4 Å². The van der Waals surface area contributed by atoms with Crippen LogP contribution in [-0.4, -0.2) is 32.4 Å². The summed E-state index contributed by atoms with van der Waals surface area (Å²) in [6, 6.07) is 15.5. The van der Waals surface area contributed by atoms with Crippen LogP contribution in [0.5, 0.6) is 0 Å². The molecule has 0 spiro atoms. The number of hydrogen-bond acceptors (Lipinski definition) is 6. The summed E-state index contributed by atoms with van der Waals surface area (Å²) in [5.74, 6) is -1.23. The number of rotatable bonds is 5. The number of hydrogen-bond donors (Lipinski definition) is 0. The first-order valence-electron chi connectivity index (χ1n) is 11.7. The van der Waals surface area contributed by atoms with E-state index >= 15 is 0 Å². The van der Waals surface area contributed by atoms with E-state index in [-0.39, 0.29) is 40.3 Å². The maximum atomic E-state index is 13.4. The first-order valence-corrected chi connectivity index (χ1v) is 11.7. The lowest BCUT2D eigenvalue weighted by Gasteiger charge is -2.16. The maximum Gasteiger partial charge on any atom is 0.341 e. The van der Waals surface area contributed by atoms with Crippen molar-refractivity contribution in [2.75, 3.05) is 6.61 Å². The van der Waals surface area contributed by atoms with Crippen LogP contribution >= 0.6 is 0 Å². The fraction of sp³-hybridized carbons (Fsp3) is 0.222. The minimum Gasteiger partial charge on any atom is -0.462 e. The molecule has 0 atom stereocenters. The Morgan fingerprint density at radius 3 is 2.64 bits per heavy atom. The van der Waals surface area contributed by atoms with E-state index in [0.717, 1.165) is 5.39 Å². The highest BCUT2D eigenvalue weighted by molar-refractivity contribution is 5.98. The van der Waals surface area contributed by atoms with Crippen LogP contribution in [0.2, 0.25) is 0 Å². The standard InChI is InChI=1S/C27H24N4O5/c1-4-35-27(34)19-14-18-23(28-22-11-7-8-12-30(22)26(18)33)31(15-16(2)3)24(19)29-25(32)21-13-17-9-5-6-10-20(17)36-21/h5-14,16H,4,15H2,1-3H3. The average Bonchev–Trinajstić information content (AvgIpc) is 3.30. The second kappa shape index (κ2) is 9.26. The van der Waals surface area contributed by atoms with Crippen LogP contribution in [0.15, 0.2) is 75.0 Å². The number of fused-ring (bicyclic) bond motifs is 3. The van der Waals surface area contributed by atoms with Gasteiger partial charge in [-0.15, -0.1) is 0 Å². The molecule has 1 amide bonds. The fourth-order valence-corrected chi connectivity index (χ4v) is 4.13. The molecular formula is C27H24N4O5. The lowest BCUT2D eigenvalue weighted by atomic mass is 10.1. The first-order chi connectivity index (χ1) is 17.4. The molecule has 36 heavy (non-hydrogen) atoms. The third-order valence-corrected chi connectivity index (χ3v) is 5.68. The summed E-state index contributed by atoms with van der Waals surface area (Å²) in [5, 5.41) is 0.980. The van der Waals surface area contributed by atoms with Gasteiger partial charge in [0.05, 0.1) is 12.0 Å². The van der Waals surface area contributed by atoms with Crippen LogP contribution in [0.3, 0.4) is 0 Å². The molecule has 1 aromatic carbocycles. The molecule has 0 saturated carbocycles. The van der Waals surface area contributed by atoms with Gasteiger partial charge in [-0.3, -0.25) is 14.0 Å². The molecule has 4 heterocycles. The summed E-state index contributed by atoms with van der Waals surface area (Å²) < 4.78 is 14.0. The van der Waals surface area contributed by atoms with Gasteiger partial charge in [-0.1, -0.05) is 38.1 Å². The third-order valence-electron chi connectivity index (χ3n) is 5.68. The molecule has 0 aliphatic heterocycles. The molecule has 0 aliphatic carbocycles. The topological polar surface area (TPSA) is 108 Å². The quantitative estimate of drug-likeness (QED) is 0.276. The number of nitrogens with zero attached hydrogens (tertiary/aromatic N) is 4. The van der Waals surface area contributed by atoms with Crippen molar-refractivity contribution in [3.63, 3.8) is 0 Å². The monoisotopic (exact) mass is 484 g/mol. The minimum absolute atomic E-state index is 0.00393. The summed E-state index contributed by atoms with van der Waals surface area (Å²) in [4.78, 5) is 48.7. The van der Waals surface area contributed by atoms with E-state index in [9.17, 15) is 14.4 Å². The zero-order valence-electron chi connectivity index (χ0n) is 20.1. The molecule has 4 aromatic heterocycles. The van der Waals surface area contributed by atoms with Crippen LogP contribution in [0, 0.1) is 5.92 Å². The normalized spacial score (nSPS) is 12.2. The van der Waals surface area contributed by atoms with Crippen LogP contribution < -0.4 is 11.0 Å². The van der Waals surface area contributed by atoms with E-state index in [1.165, 1.54) is 10.5 Å². The van der Waals surface area contributed by atoms with Crippen molar-refractivity contribution in [1.29, 1.82) is 0 Å². The van der Waals surface area contributed by atoms with Crippen LogP contribution in [0.4, 0.5) is 0 Å². The molecular weight excluding hydrogens is 460 g/mol. The maximum absolute atomic E-state index is 13.4. The SMILES string of the molecule is CCOC(=O)c1cc2c(=O)n3ccccc3nc2n(CC(C)C)c1=NC(=O)c1cc2ccccc2o1. The summed E-state index contributed by atoms with van der Waals surface area (Å²) in [7, 11) is 0. The van der Waals surface area contributed by atoms with Gasteiger partial charge in [0.15, 0.2) is 11.2 Å². The molecule has 0 fully saturated rings. The zero-order chi connectivity index (χ0) is 25.4. The Labute approximate surface area is 205 Å². The van der Waals surface area contributed by atoms with E-state index in [1.807, 2.05) is 32.0 Å². The number of para-hydroxylation sites is 1. The number of aromatic nitrogens is 3. The molecule has 5 rings (SSSR count). The van der Waals surface area contributed by atoms with Gasteiger partial charge < -0.3 is 13.7 Å². The summed E-state index contributed by atoms with van der Waals surface area (Å²) in [6.07, 6.45) is 1.62. The minimum atomic E-state index is -0.689. The van der Waals surface area contributed by atoms with Gasteiger partial charge >= 0.3 is 11.9 Å². The highest BCUT2D eigenvalue weighted by atomic mass is 16.5. The van der Waals surface area contributed by atoms with Gasteiger partial charge in [0.25, 0.3) is 5.56 Å². The second-order valence-corrected chi connectivity index (χ2v) is 8.76. The van der Waals surface area contributed by atoms with Crippen molar-refractivity contribution in [2.24, 2.45) is 10.9 Å². The van der Waals surface area contributed by atoms with E-state index in [0.29, 0.717) is 23.4 Å². The van der Waals surface area contributed by atoms with Crippen molar-refractivity contribution >= 4 is 39.5 Å². The second-order valence-electron chi connectivity index (χ2n) is 8.76. The van der Waals surface area contributed by atoms with Crippen molar-refractivity contribution in [3.8, 4) is 0 Å². The number of benzene rings is 1. The zero-order valence-corrected chi connectivity index (χ0v) is 20.1. The van der Waals surface area contributed by atoms with E-state index in [2.05, 4.69) is 4.99 Å². The summed E-state index contributed by atoms with van der Waals surface area (Å²) >= 11 is 0. The predicted octanol–water partition coefficient (Wildman–Crippen LogP) is 3.97. The molecule has 0 radical (unpaired) electrons. The Morgan fingerprint density at radius 1 is 1.11 bits per heavy atom. The van der Waals surface area contributed by atoms with Crippen molar-refractivity contribution in [3.05, 3.63) is 88.0 Å². The van der Waals surface area contributed by atoms with Crippen molar-refractivity contribution in [2.45, 2.75) is 27.3 Å². The Morgan fingerprint density at radius 2 is 1.89 bits per heavy atom. The molecule has 0 aliphatic rings. The Balaban J connectivity index is 1.86. The van der Waals surface area contributed by atoms with Gasteiger partial charge in [-0.25, -0.2) is 9.78 Å². The Hall–Kier alpha value is -4.53. The largest absolute Gasteiger partial charge is 0.462 e. The molecule has 0 saturated heterocycles. The summed E-state index contributed by atoms with van der Waals surface area (Å²) in [5.41, 5.74) is 1.04. The fourth-order valence-electron chi connectivity index (χ4n) is 4.13. The molecule has 9 heteroatoms. The number of carbonyl (C=O) groups excluding carboxylic acids is 2. The number of ether oxygens (including phenoxy) is 1. The van der Waals surface area contributed by atoms with Gasteiger partial charge in [-0.05, 0) is 43.2 Å². The van der Waals surface area contributed by atoms with E-state index in [4.69, 9.17) is 14.1 Å². The Kier molecular flexibility index (Phi) is 5.97.